The predicted molar refractivity (Wildman–Crippen MR) is 95.9 cm³/mol. The number of likely N-dealkylation sites (N-methyl/N-ethyl adjacent to an activating group) is 1. The predicted octanol–water partition coefficient (Wildman–Crippen LogP) is 0.775. The van der Waals surface area contributed by atoms with E-state index in [9.17, 15) is 14.4 Å². The molecule has 3 rings (SSSR count). The summed E-state index contributed by atoms with van der Waals surface area (Å²) in [5, 5.41) is 0. The number of benzene rings is 1. The van der Waals surface area contributed by atoms with E-state index >= 15 is 0 Å². The van der Waals surface area contributed by atoms with Gasteiger partial charge in [0.15, 0.2) is 0 Å². The maximum absolute atomic E-state index is 12.9. The van der Waals surface area contributed by atoms with Gasteiger partial charge in [0.25, 0.3) is 5.91 Å². The smallest absolute Gasteiger partial charge is 0.322 e. The Morgan fingerprint density at radius 3 is 2.54 bits per heavy atom. The summed E-state index contributed by atoms with van der Waals surface area (Å²) in [5.41, 5.74) is 12.4. The number of rotatable bonds is 4. The lowest BCUT2D eigenvalue weighted by Gasteiger charge is -2.44. The number of pyridine rings is 1. The molecule has 0 unspecified atom stereocenters. The van der Waals surface area contributed by atoms with Gasteiger partial charge in [-0.3, -0.25) is 14.5 Å². The summed E-state index contributed by atoms with van der Waals surface area (Å²) >= 11 is 0. The van der Waals surface area contributed by atoms with E-state index in [-0.39, 0.29) is 12.3 Å². The second kappa shape index (κ2) is 6.83. The number of hydrogen-bond acceptors (Lipinski definition) is 5. The molecule has 0 aliphatic carbocycles. The Kier molecular flexibility index (Phi) is 4.57. The molecule has 0 saturated carbocycles. The van der Waals surface area contributed by atoms with Crippen LogP contribution in [0.5, 0.6) is 0 Å². The highest BCUT2D eigenvalue weighted by Gasteiger charge is 2.54. The number of carbonyl (C=O) groups is 3. The summed E-state index contributed by atoms with van der Waals surface area (Å²) < 4.78 is 0. The highest BCUT2D eigenvalue weighted by molar-refractivity contribution is 6.12. The van der Waals surface area contributed by atoms with Gasteiger partial charge in [0.05, 0.1) is 5.92 Å². The second-order valence-electron chi connectivity index (χ2n) is 6.12. The van der Waals surface area contributed by atoms with Crippen LogP contribution in [0.25, 0.3) is 0 Å². The molecule has 8 nitrogen and oxygen atoms in total. The van der Waals surface area contributed by atoms with Gasteiger partial charge in [-0.1, -0.05) is 18.2 Å². The standard InChI is InChI=1S/C18H19N5O3/c1-22(12-5-3-2-4-6-12)17(25)15-13(16(24)23(15)18(20)26)9-11-7-8-21-14(19)10-11/h2-8,10,13,15H,9H2,1H3,(H2,19,21)(H2,20,26)/t13-,15+/m1/s1. The van der Waals surface area contributed by atoms with Gasteiger partial charge in [-0.25, -0.2) is 9.78 Å². The zero-order valence-electron chi connectivity index (χ0n) is 14.2. The van der Waals surface area contributed by atoms with E-state index in [0.717, 1.165) is 10.5 Å². The summed E-state index contributed by atoms with van der Waals surface area (Å²) in [5.74, 6) is -1.19. The number of para-hydroxylation sites is 1. The zero-order chi connectivity index (χ0) is 18.8. The van der Waals surface area contributed by atoms with Crippen molar-refractivity contribution in [3.8, 4) is 0 Å². The fourth-order valence-electron chi connectivity index (χ4n) is 3.13. The van der Waals surface area contributed by atoms with E-state index in [0.29, 0.717) is 11.5 Å². The van der Waals surface area contributed by atoms with Gasteiger partial charge in [0, 0.05) is 18.9 Å². The van der Waals surface area contributed by atoms with Crippen molar-refractivity contribution < 1.29 is 14.4 Å². The Hall–Kier alpha value is -3.42. The molecule has 1 aliphatic heterocycles. The van der Waals surface area contributed by atoms with Gasteiger partial charge >= 0.3 is 6.03 Å². The Bertz CT molecular complexity index is 855. The third-order valence-electron chi connectivity index (χ3n) is 4.48. The highest BCUT2D eigenvalue weighted by Crippen LogP contribution is 2.32. The van der Waals surface area contributed by atoms with Crippen molar-refractivity contribution >= 4 is 29.4 Å². The molecule has 1 aromatic carbocycles. The molecule has 1 fully saturated rings. The van der Waals surface area contributed by atoms with Crippen molar-refractivity contribution in [3.63, 3.8) is 0 Å². The average molecular weight is 353 g/mol. The van der Waals surface area contributed by atoms with Gasteiger partial charge in [0.1, 0.15) is 11.9 Å². The monoisotopic (exact) mass is 353 g/mol. The SMILES string of the molecule is CN(C(=O)[C@@H]1[C@@H](Cc2ccnc(N)c2)C(=O)N1C(N)=O)c1ccccc1. The third kappa shape index (κ3) is 3.08. The minimum absolute atomic E-state index is 0.272. The Labute approximate surface area is 150 Å². The normalized spacial score (nSPS) is 19.0. The molecular weight excluding hydrogens is 334 g/mol. The minimum atomic E-state index is -0.945. The van der Waals surface area contributed by atoms with Crippen molar-refractivity contribution in [1.29, 1.82) is 0 Å². The van der Waals surface area contributed by atoms with Crippen molar-refractivity contribution in [2.75, 3.05) is 17.7 Å². The molecule has 2 atom stereocenters. The number of nitrogens with two attached hydrogens (primary N) is 2. The first-order valence-corrected chi connectivity index (χ1v) is 8.05. The molecule has 134 valence electrons. The van der Waals surface area contributed by atoms with Crippen LogP contribution in [0.4, 0.5) is 16.3 Å². The van der Waals surface area contributed by atoms with E-state index < -0.39 is 23.9 Å². The molecule has 8 heteroatoms. The molecule has 0 spiro atoms. The average Bonchev–Trinajstić information content (AvgIpc) is 2.63. The van der Waals surface area contributed by atoms with E-state index in [2.05, 4.69) is 4.98 Å². The van der Waals surface area contributed by atoms with Crippen molar-refractivity contribution in [1.82, 2.24) is 9.88 Å². The number of likely N-dealkylation sites (tertiary alicyclic amines) is 1. The number of urea groups is 1. The summed E-state index contributed by atoms with van der Waals surface area (Å²) in [6.45, 7) is 0. The Balaban J connectivity index is 1.86. The number of imide groups is 1. The minimum Gasteiger partial charge on any atom is -0.384 e. The summed E-state index contributed by atoms with van der Waals surface area (Å²) in [6, 6.07) is 10.5. The molecule has 1 aliphatic rings. The van der Waals surface area contributed by atoms with E-state index in [1.165, 1.54) is 11.1 Å². The van der Waals surface area contributed by atoms with Crippen LogP contribution in [-0.4, -0.2) is 40.8 Å². The van der Waals surface area contributed by atoms with Gasteiger partial charge in [-0.15, -0.1) is 0 Å². The number of nitrogens with zero attached hydrogens (tertiary/aromatic N) is 3. The maximum atomic E-state index is 12.9. The maximum Gasteiger partial charge on any atom is 0.322 e. The summed E-state index contributed by atoms with van der Waals surface area (Å²) in [4.78, 5) is 43.1. The van der Waals surface area contributed by atoms with Gasteiger partial charge in [-0.05, 0) is 36.2 Å². The number of carbonyl (C=O) groups excluding carboxylic acids is 3. The van der Waals surface area contributed by atoms with Crippen LogP contribution in [-0.2, 0) is 16.0 Å². The molecule has 4 amide bonds. The lowest BCUT2D eigenvalue weighted by Crippen LogP contribution is -2.70. The van der Waals surface area contributed by atoms with Gasteiger partial charge < -0.3 is 16.4 Å². The van der Waals surface area contributed by atoms with Gasteiger partial charge in [-0.2, -0.15) is 0 Å². The van der Waals surface area contributed by atoms with Crippen molar-refractivity contribution in [2.24, 2.45) is 11.7 Å². The zero-order valence-corrected chi connectivity index (χ0v) is 14.2. The van der Waals surface area contributed by atoms with E-state index in [1.807, 2.05) is 6.07 Å². The molecule has 4 N–H and O–H groups in total. The van der Waals surface area contributed by atoms with Crippen LogP contribution in [0.15, 0.2) is 48.7 Å². The second-order valence-corrected chi connectivity index (χ2v) is 6.12. The summed E-state index contributed by atoms with van der Waals surface area (Å²) in [6.07, 6.45) is 1.81. The third-order valence-corrected chi connectivity index (χ3v) is 4.48. The largest absolute Gasteiger partial charge is 0.384 e. The van der Waals surface area contributed by atoms with Crippen LogP contribution >= 0.6 is 0 Å². The van der Waals surface area contributed by atoms with Gasteiger partial charge in [0.2, 0.25) is 5.91 Å². The number of hydrogen-bond donors (Lipinski definition) is 2. The number of β-lactam (4-membered cyclic amide) rings is 1. The Morgan fingerprint density at radius 2 is 1.92 bits per heavy atom. The molecule has 1 aromatic heterocycles. The first-order valence-electron chi connectivity index (χ1n) is 8.05. The molecule has 0 bridgehead atoms. The van der Waals surface area contributed by atoms with Crippen LogP contribution in [0.1, 0.15) is 5.56 Å². The van der Waals surface area contributed by atoms with Crippen molar-refractivity contribution in [3.05, 3.63) is 54.2 Å². The quantitative estimate of drug-likeness (QED) is 0.786. The van der Waals surface area contributed by atoms with E-state index in [4.69, 9.17) is 11.5 Å². The van der Waals surface area contributed by atoms with E-state index in [1.54, 1.807) is 43.4 Å². The molecular formula is C18H19N5O3. The molecule has 0 radical (unpaired) electrons. The van der Waals surface area contributed by atoms with Crippen LogP contribution in [0.2, 0.25) is 0 Å². The lowest BCUT2D eigenvalue weighted by molar-refractivity contribution is -0.156. The first-order chi connectivity index (χ1) is 12.4. The number of nitrogen functional groups attached to an aromatic ring is 1. The fourth-order valence-corrected chi connectivity index (χ4v) is 3.13. The number of aromatic nitrogens is 1. The number of amides is 4. The first kappa shape index (κ1) is 17.4. The molecule has 1 saturated heterocycles. The lowest BCUT2D eigenvalue weighted by atomic mass is 9.81. The summed E-state index contributed by atoms with van der Waals surface area (Å²) in [7, 11) is 1.60. The number of primary amides is 1. The highest BCUT2D eigenvalue weighted by atomic mass is 16.2. The fraction of sp³-hybridized carbons (Fsp3) is 0.222. The Morgan fingerprint density at radius 1 is 1.23 bits per heavy atom. The molecule has 2 aromatic rings. The van der Waals surface area contributed by atoms with Crippen molar-refractivity contribution in [2.45, 2.75) is 12.5 Å². The number of anilines is 2. The molecule has 26 heavy (non-hydrogen) atoms. The van der Waals surface area contributed by atoms with Crippen LogP contribution in [0, 0.1) is 5.92 Å². The van der Waals surface area contributed by atoms with Crippen LogP contribution in [0.3, 0.4) is 0 Å². The topological polar surface area (TPSA) is 123 Å². The molecule has 2 heterocycles. The van der Waals surface area contributed by atoms with Crippen LogP contribution < -0.4 is 16.4 Å².